The first kappa shape index (κ1) is 20.4. The Kier molecular flexibility index (Phi) is 5.69. The molecule has 6 heteroatoms. The molecule has 2 aromatic carbocycles. The molecule has 1 amide bonds. The highest BCUT2D eigenvalue weighted by molar-refractivity contribution is 6.08. The van der Waals surface area contributed by atoms with Gasteiger partial charge in [-0.15, -0.1) is 0 Å². The third-order valence-electron chi connectivity index (χ3n) is 6.04. The largest absolute Gasteiger partial charge is 0.496 e. The zero-order chi connectivity index (χ0) is 21.9. The van der Waals surface area contributed by atoms with Gasteiger partial charge in [0.15, 0.2) is 11.5 Å². The molecule has 4 aromatic rings. The first-order valence-electron chi connectivity index (χ1n) is 11.0. The second-order valence-electron chi connectivity index (χ2n) is 8.01. The summed E-state index contributed by atoms with van der Waals surface area (Å²) < 4.78 is 17.5. The van der Waals surface area contributed by atoms with Crippen molar-refractivity contribution in [3.8, 4) is 5.75 Å². The summed E-state index contributed by atoms with van der Waals surface area (Å²) in [4.78, 5) is 15.4. The summed E-state index contributed by atoms with van der Waals surface area (Å²) in [5.41, 5.74) is 2.42. The maximum atomic E-state index is 12.9. The van der Waals surface area contributed by atoms with Crippen LogP contribution in [0.4, 0.5) is 5.69 Å². The van der Waals surface area contributed by atoms with Gasteiger partial charge in [0.05, 0.1) is 25.1 Å². The standard InChI is InChI=1S/C26H26N2O4/c1-30-20-12-5-4-11-19(20)24(28-15-7-2-8-16-28)25-23(18-10-3-6-13-21(18)32-25)27-26(29)22-14-9-17-31-22/h3-6,9-14,17,24H,2,7-8,15-16H2,1H3,(H,27,29)/t24-/m1/s1. The highest BCUT2D eigenvalue weighted by Crippen LogP contribution is 2.43. The first-order chi connectivity index (χ1) is 15.8. The number of hydrogen-bond donors (Lipinski definition) is 1. The van der Waals surface area contributed by atoms with Crippen LogP contribution in [0.15, 0.2) is 75.8 Å². The summed E-state index contributed by atoms with van der Waals surface area (Å²) in [5, 5.41) is 3.93. The molecule has 5 rings (SSSR count). The van der Waals surface area contributed by atoms with Crippen molar-refractivity contribution in [2.45, 2.75) is 25.3 Å². The maximum Gasteiger partial charge on any atom is 0.291 e. The van der Waals surface area contributed by atoms with E-state index in [1.165, 1.54) is 12.7 Å². The van der Waals surface area contributed by atoms with Gasteiger partial charge in [-0.1, -0.05) is 36.8 Å². The Bertz CT molecular complexity index is 1210. The van der Waals surface area contributed by atoms with Gasteiger partial charge in [0.2, 0.25) is 0 Å². The molecule has 3 heterocycles. The number of amides is 1. The first-order valence-corrected chi connectivity index (χ1v) is 11.0. The lowest BCUT2D eigenvalue weighted by atomic mass is 9.97. The van der Waals surface area contributed by atoms with E-state index in [4.69, 9.17) is 13.6 Å². The van der Waals surface area contributed by atoms with Crippen molar-refractivity contribution < 1.29 is 18.4 Å². The van der Waals surface area contributed by atoms with Crippen molar-refractivity contribution in [1.29, 1.82) is 0 Å². The van der Waals surface area contributed by atoms with Crippen LogP contribution in [0, 0.1) is 0 Å². The van der Waals surface area contributed by atoms with Crippen LogP contribution in [0.5, 0.6) is 5.75 Å². The molecule has 32 heavy (non-hydrogen) atoms. The van der Waals surface area contributed by atoms with Crippen molar-refractivity contribution >= 4 is 22.6 Å². The zero-order valence-corrected chi connectivity index (χ0v) is 18.0. The SMILES string of the molecule is COc1ccccc1[C@H](c1oc2ccccc2c1NC(=O)c1ccco1)N1CCCCC1. The molecule has 2 aromatic heterocycles. The summed E-state index contributed by atoms with van der Waals surface area (Å²) in [5.74, 6) is 1.46. The molecule has 164 valence electrons. The van der Waals surface area contributed by atoms with Crippen LogP contribution in [0.25, 0.3) is 11.0 Å². The van der Waals surface area contributed by atoms with E-state index in [1.54, 1.807) is 19.2 Å². The lowest BCUT2D eigenvalue weighted by Gasteiger charge is -2.34. The molecule has 1 aliphatic rings. The minimum atomic E-state index is -0.305. The van der Waals surface area contributed by atoms with Crippen LogP contribution in [0.2, 0.25) is 0 Å². The van der Waals surface area contributed by atoms with Gasteiger partial charge >= 0.3 is 0 Å². The number of ether oxygens (including phenoxy) is 1. The number of carbonyl (C=O) groups is 1. The Morgan fingerprint density at radius 2 is 1.78 bits per heavy atom. The van der Waals surface area contributed by atoms with Gasteiger partial charge in [-0.25, -0.2) is 0 Å². The van der Waals surface area contributed by atoms with Crippen molar-refractivity contribution in [2.24, 2.45) is 0 Å². The number of anilines is 1. The summed E-state index contributed by atoms with van der Waals surface area (Å²) in [6.07, 6.45) is 4.96. The highest BCUT2D eigenvalue weighted by atomic mass is 16.5. The fourth-order valence-electron chi connectivity index (χ4n) is 4.54. The van der Waals surface area contributed by atoms with Crippen molar-refractivity contribution in [1.82, 2.24) is 4.90 Å². The lowest BCUT2D eigenvalue weighted by molar-refractivity contribution is 0.0996. The van der Waals surface area contributed by atoms with Gasteiger partial charge in [-0.3, -0.25) is 9.69 Å². The molecule has 1 N–H and O–H groups in total. The number of para-hydroxylation sites is 2. The Balaban J connectivity index is 1.67. The number of hydrogen-bond acceptors (Lipinski definition) is 5. The molecule has 0 aliphatic carbocycles. The molecule has 0 spiro atoms. The van der Waals surface area contributed by atoms with Gasteiger partial charge in [0, 0.05) is 10.9 Å². The zero-order valence-electron chi connectivity index (χ0n) is 18.0. The third kappa shape index (κ3) is 3.78. The van der Waals surface area contributed by atoms with Crippen LogP contribution < -0.4 is 10.1 Å². The molecule has 0 unspecified atom stereocenters. The number of fused-ring (bicyclic) bond motifs is 1. The van der Waals surface area contributed by atoms with Crippen molar-refractivity contribution in [3.63, 3.8) is 0 Å². The Hall–Kier alpha value is -3.51. The number of nitrogens with one attached hydrogen (secondary N) is 1. The van der Waals surface area contributed by atoms with E-state index in [0.717, 1.165) is 48.2 Å². The highest BCUT2D eigenvalue weighted by Gasteiger charge is 2.33. The third-order valence-corrected chi connectivity index (χ3v) is 6.04. The fourth-order valence-corrected chi connectivity index (χ4v) is 4.54. The molecule has 0 radical (unpaired) electrons. The number of likely N-dealkylation sites (tertiary alicyclic amines) is 1. The van der Waals surface area contributed by atoms with E-state index in [0.29, 0.717) is 11.4 Å². The second-order valence-corrected chi connectivity index (χ2v) is 8.01. The smallest absolute Gasteiger partial charge is 0.291 e. The van der Waals surface area contributed by atoms with E-state index >= 15 is 0 Å². The summed E-state index contributed by atoms with van der Waals surface area (Å²) >= 11 is 0. The lowest BCUT2D eigenvalue weighted by Crippen LogP contribution is -2.34. The van der Waals surface area contributed by atoms with Crippen LogP contribution >= 0.6 is 0 Å². The van der Waals surface area contributed by atoms with Crippen LogP contribution in [0.1, 0.15) is 47.2 Å². The van der Waals surface area contributed by atoms with Gasteiger partial charge in [-0.05, 0) is 56.3 Å². The summed E-state index contributed by atoms with van der Waals surface area (Å²) in [6, 6.07) is 19.0. The Labute approximate surface area is 186 Å². The van der Waals surface area contributed by atoms with Crippen molar-refractivity contribution in [3.05, 3.63) is 84.0 Å². The normalized spacial score (nSPS) is 15.5. The maximum absolute atomic E-state index is 12.9. The van der Waals surface area contributed by atoms with Gasteiger partial charge in [-0.2, -0.15) is 0 Å². The molecule has 1 fully saturated rings. The molecule has 0 bridgehead atoms. The molecule has 1 aliphatic heterocycles. The number of methoxy groups -OCH3 is 1. The average molecular weight is 431 g/mol. The van der Waals surface area contributed by atoms with Gasteiger partial charge in [0.1, 0.15) is 11.3 Å². The molecule has 1 saturated heterocycles. The number of carbonyl (C=O) groups excluding carboxylic acids is 1. The molecule has 0 saturated carbocycles. The predicted molar refractivity (Wildman–Crippen MR) is 123 cm³/mol. The van der Waals surface area contributed by atoms with E-state index < -0.39 is 0 Å². The minimum absolute atomic E-state index is 0.189. The summed E-state index contributed by atoms with van der Waals surface area (Å²) in [7, 11) is 1.68. The van der Waals surface area contributed by atoms with E-state index in [9.17, 15) is 4.79 Å². The second kappa shape index (κ2) is 8.93. The average Bonchev–Trinajstić information content (AvgIpc) is 3.50. The van der Waals surface area contributed by atoms with Crippen molar-refractivity contribution in [2.75, 3.05) is 25.5 Å². The molecular formula is C26H26N2O4. The predicted octanol–water partition coefficient (Wildman–Crippen LogP) is 5.86. The van der Waals surface area contributed by atoms with Crippen LogP contribution in [0.3, 0.4) is 0 Å². The van der Waals surface area contributed by atoms with Gasteiger partial charge < -0.3 is 18.9 Å². The number of furan rings is 2. The molecular weight excluding hydrogens is 404 g/mol. The molecule has 1 atom stereocenters. The topological polar surface area (TPSA) is 67.8 Å². The van der Waals surface area contributed by atoms with E-state index in [1.807, 2.05) is 42.5 Å². The van der Waals surface area contributed by atoms with E-state index in [-0.39, 0.29) is 17.7 Å². The number of piperidine rings is 1. The summed E-state index contributed by atoms with van der Waals surface area (Å²) in [6.45, 7) is 1.90. The molecule has 6 nitrogen and oxygen atoms in total. The minimum Gasteiger partial charge on any atom is -0.496 e. The quantitative estimate of drug-likeness (QED) is 0.415. The monoisotopic (exact) mass is 430 g/mol. The number of rotatable bonds is 6. The Morgan fingerprint density at radius 1 is 1.00 bits per heavy atom. The van der Waals surface area contributed by atoms with E-state index in [2.05, 4.69) is 16.3 Å². The fraction of sp³-hybridized carbons (Fsp3) is 0.269. The number of nitrogens with zero attached hydrogens (tertiary/aromatic N) is 1. The Morgan fingerprint density at radius 3 is 2.56 bits per heavy atom. The van der Waals surface area contributed by atoms with Crippen LogP contribution in [-0.2, 0) is 0 Å². The van der Waals surface area contributed by atoms with Gasteiger partial charge in [0.25, 0.3) is 5.91 Å². The van der Waals surface area contributed by atoms with Crippen LogP contribution in [-0.4, -0.2) is 31.0 Å². The number of benzene rings is 2.